The average Bonchev–Trinajstić information content (AvgIpc) is 2.10. The predicted octanol–water partition coefficient (Wildman–Crippen LogP) is -0.344. The lowest BCUT2D eigenvalue weighted by molar-refractivity contribution is 0.0825. The van der Waals surface area contributed by atoms with E-state index in [-0.39, 0.29) is 0 Å². The van der Waals surface area contributed by atoms with Gasteiger partial charge in [-0.15, -0.1) is 0 Å². The van der Waals surface area contributed by atoms with Gasteiger partial charge < -0.3 is 0 Å². The topological polar surface area (TPSA) is 37.4 Å². The van der Waals surface area contributed by atoms with Gasteiger partial charge in [0.2, 0.25) is 6.49 Å². The van der Waals surface area contributed by atoms with Crippen LogP contribution < -0.4 is 5.43 Å². The average molecular weight is 220 g/mol. The summed E-state index contributed by atoms with van der Waals surface area (Å²) in [5, 5.41) is 6.23. The zero-order valence-corrected chi connectivity index (χ0v) is 9.59. The molecule has 74 valence electrons. The van der Waals surface area contributed by atoms with Gasteiger partial charge in [0.05, 0.1) is 6.67 Å². The zero-order chi connectivity index (χ0) is 9.64. The van der Waals surface area contributed by atoms with Crippen LogP contribution in [-0.2, 0) is 11.8 Å². The number of hydrazone groups is 1. The van der Waals surface area contributed by atoms with E-state index < -0.39 is 6.49 Å². The Labute approximate surface area is 82.9 Å². The van der Waals surface area contributed by atoms with Crippen LogP contribution >= 0.6 is 6.49 Å². The van der Waals surface area contributed by atoms with E-state index in [0.29, 0.717) is 0 Å². The maximum atomic E-state index is 5.62. The van der Waals surface area contributed by atoms with Crippen molar-refractivity contribution in [1.29, 1.82) is 0 Å². The third-order valence-corrected chi connectivity index (χ3v) is 7.25. The van der Waals surface area contributed by atoms with Crippen molar-refractivity contribution in [3.8, 4) is 0 Å². The standard InChI is InChI=1S/C5H13N6PS/c1-8-6-4-11-5-7-9(2)12(8,13)10(11)3/h4,7H,5H2,1-3H3. The van der Waals surface area contributed by atoms with Gasteiger partial charge in [0, 0.05) is 21.1 Å². The van der Waals surface area contributed by atoms with Crippen LogP contribution in [0.15, 0.2) is 5.10 Å². The lowest BCUT2D eigenvalue weighted by Gasteiger charge is -2.52. The highest BCUT2D eigenvalue weighted by molar-refractivity contribution is 8.11. The van der Waals surface area contributed by atoms with E-state index in [0.717, 1.165) is 6.67 Å². The number of fused-ring (bicyclic) bond motifs is 2. The van der Waals surface area contributed by atoms with E-state index in [1.54, 1.807) is 6.34 Å². The first-order chi connectivity index (χ1) is 6.06. The van der Waals surface area contributed by atoms with Crippen molar-refractivity contribution in [2.75, 3.05) is 27.8 Å². The Morgan fingerprint density at radius 2 is 2.15 bits per heavy atom. The van der Waals surface area contributed by atoms with Crippen LogP contribution in [-0.4, -0.2) is 53.5 Å². The first-order valence-electron chi connectivity index (χ1n) is 3.93. The summed E-state index contributed by atoms with van der Waals surface area (Å²) in [5.41, 5.74) is 3.22. The van der Waals surface area contributed by atoms with Gasteiger partial charge in [-0.3, -0.25) is 5.01 Å². The van der Waals surface area contributed by atoms with Crippen molar-refractivity contribution in [2.24, 2.45) is 5.10 Å². The van der Waals surface area contributed by atoms with Crippen molar-refractivity contribution >= 4 is 24.6 Å². The normalized spacial score (nSPS) is 35.6. The molecular weight excluding hydrogens is 207 g/mol. The van der Waals surface area contributed by atoms with Crippen LogP contribution in [0.25, 0.3) is 0 Å². The van der Waals surface area contributed by atoms with Crippen molar-refractivity contribution in [1.82, 2.24) is 24.8 Å². The summed E-state index contributed by atoms with van der Waals surface area (Å²) in [7, 11) is 5.88. The monoisotopic (exact) mass is 220 g/mol. The maximum Gasteiger partial charge on any atom is 0.215 e. The molecule has 0 aliphatic carbocycles. The highest BCUT2D eigenvalue weighted by atomic mass is 32.4. The quantitative estimate of drug-likeness (QED) is 0.563. The summed E-state index contributed by atoms with van der Waals surface area (Å²) in [4.78, 5) is 0. The van der Waals surface area contributed by atoms with Crippen LogP contribution in [0.3, 0.4) is 0 Å². The molecular formula is C5H13N6PS. The summed E-state index contributed by atoms with van der Waals surface area (Å²) in [6, 6.07) is 0. The second-order valence-electron chi connectivity index (χ2n) is 3.00. The molecule has 8 heteroatoms. The number of hydrazine groups is 2. The first-order valence-corrected chi connectivity index (χ1v) is 6.59. The van der Waals surface area contributed by atoms with Crippen LogP contribution in [0.1, 0.15) is 0 Å². The molecule has 13 heavy (non-hydrogen) atoms. The molecule has 2 aliphatic heterocycles. The molecule has 1 fully saturated rings. The number of nitrogens with zero attached hydrogens (tertiary/aromatic N) is 5. The molecule has 1 saturated heterocycles. The third kappa shape index (κ3) is 1.12. The highest BCUT2D eigenvalue weighted by Crippen LogP contribution is 2.56. The van der Waals surface area contributed by atoms with Crippen LogP contribution in [0.2, 0.25) is 0 Å². The van der Waals surface area contributed by atoms with Crippen LogP contribution in [0.5, 0.6) is 0 Å². The summed E-state index contributed by atoms with van der Waals surface area (Å²) in [5.74, 6) is 0. The lowest BCUT2D eigenvalue weighted by Crippen LogP contribution is -2.59. The molecule has 2 heterocycles. The van der Waals surface area contributed by atoms with Crippen LogP contribution in [0.4, 0.5) is 0 Å². The van der Waals surface area contributed by atoms with Gasteiger partial charge in [-0.25, -0.2) is 10.2 Å². The Morgan fingerprint density at radius 1 is 1.46 bits per heavy atom. The van der Waals surface area contributed by atoms with E-state index in [2.05, 4.69) is 15.3 Å². The predicted molar refractivity (Wildman–Crippen MR) is 55.9 cm³/mol. The molecule has 2 aliphatic rings. The van der Waals surface area contributed by atoms with Gasteiger partial charge >= 0.3 is 0 Å². The fourth-order valence-corrected chi connectivity index (χ4v) is 3.98. The minimum atomic E-state index is -1.89. The second-order valence-corrected chi connectivity index (χ2v) is 7.26. The van der Waals surface area contributed by atoms with E-state index in [4.69, 9.17) is 11.8 Å². The van der Waals surface area contributed by atoms with E-state index >= 15 is 0 Å². The number of hydrogen-bond donors (Lipinski definition) is 1. The van der Waals surface area contributed by atoms with Crippen molar-refractivity contribution in [3.05, 3.63) is 0 Å². The molecule has 0 spiro atoms. The van der Waals surface area contributed by atoms with E-state index in [1.165, 1.54) is 0 Å². The molecule has 0 aromatic carbocycles. The van der Waals surface area contributed by atoms with Gasteiger partial charge in [-0.1, -0.05) is 0 Å². The van der Waals surface area contributed by atoms with Gasteiger partial charge in [0.25, 0.3) is 0 Å². The Bertz CT molecular complexity index is 293. The van der Waals surface area contributed by atoms with Crippen molar-refractivity contribution in [3.63, 3.8) is 0 Å². The van der Waals surface area contributed by atoms with Gasteiger partial charge in [0.1, 0.15) is 6.34 Å². The molecule has 0 saturated carbocycles. The third-order valence-electron chi connectivity index (χ3n) is 2.33. The van der Waals surface area contributed by atoms with Crippen molar-refractivity contribution < 1.29 is 0 Å². The SMILES string of the molecule is CN1N=CN2CNN(C)P1(=S)N2C. The minimum Gasteiger partial charge on any atom is -0.272 e. The smallest absolute Gasteiger partial charge is 0.215 e. The molecule has 2 rings (SSSR count). The Kier molecular flexibility index (Phi) is 2.08. The van der Waals surface area contributed by atoms with Gasteiger partial charge in [-0.2, -0.15) is 14.7 Å². The van der Waals surface area contributed by atoms with E-state index in [1.807, 2.05) is 35.7 Å². The molecule has 6 nitrogen and oxygen atoms in total. The fourth-order valence-electron chi connectivity index (χ4n) is 1.41. The summed E-state index contributed by atoms with van der Waals surface area (Å²) >= 11 is 5.62. The molecule has 1 unspecified atom stereocenters. The molecule has 2 bridgehead atoms. The molecule has 1 atom stereocenters. The summed E-state index contributed by atoms with van der Waals surface area (Å²) in [6.07, 6.45) is 1.78. The Hall–Kier alpha value is -0.200. The van der Waals surface area contributed by atoms with E-state index in [9.17, 15) is 0 Å². The molecule has 0 amide bonds. The molecule has 0 radical (unpaired) electrons. The maximum absolute atomic E-state index is 5.62. The zero-order valence-electron chi connectivity index (χ0n) is 7.88. The first kappa shape index (κ1) is 9.36. The molecule has 1 N–H and O–H groups in total. The molecule has 0 aromatic rings. The highest BCUT2D eigenvalue weighted by Gasteiger charge is 2.41. The second kappa shape index (κ2) is 2.90. The number of hydrogen-bond acceptors (Lipinski definition) is 4. The van der Waals surface area contributed by atoms with Gasteiger partial charge in [0.15, 0.2) is 0 Å². The number of rotatable bonds is 0. The summed E-state index contributed by atoms with van der Waals surface area (Å²) in [6.45, 7) is -1.16. The fraction of sp³-hybridized carbons (Fsp3) is 0.800. The summed E-state index contributed by atoms with van der Waals surface area (Å²) < 4.78 is 5.91. The lowest BCUT2D eigenvalue weighted by atomic mass is 10.9. The van der Waals surface area contributed by atoms with Gasteiger partial charge in [-0.05, 0) is 11.8 Å². The minimum absolute atomic E-state index is 0.725. The molecule has 0 aromatic heterocycles. The Morgan fingerprint density at radius 3 is 2.77 bits per heavy atom. The van der Waals surface area contributed by atoms with Crippen LogP contribution in [0, 0.1) is 0 Å². The van der Waals surface area contributed by atoms with Crippen molar-refractivity contribution in [2.45, 2.75) is 0 Å². The largest absolute Gasteiger partial charge is 0.272 e. The number of nitrogens with one attached hydrogen (secondary N) is 1. The Balaban J connectivity index is 2.45.